The van der Waals surface area contributed by atoms with Crippen molar-refractivity contribution in [3.63, 3.8) is 0 Å². The number of anilines is 2. The number of rotatable bonds is 8. The van der Waals surface area contributed by atoms with Crippen LogP contribution in [-0.4, -0.2) is 50.6 Å². The molecule has 0 aliphatic rings. The number of ether oxygens (including phenoxy) is 2. The quantitative estimate of drug-likeness (QED) is 0.746. The molecule has 7 heteroatoms. The monoisotopic (exact) mass is 371 g/mol. The number of hydrogen-bond acceptors (Lipinski definition) is 5. The van der Waals surface area contributed by atoms with E-state index in [1.807, 2.05) is 12.1 Å². The number of nitrogens with zero attached hydrogens (tertiary/aromatic N) is 1. The second kappa shape index (κ2) is 9.59. The van der Waals surface area contributed by atoms with Gasteiger partial charge in [-0.1, -0.05) is 12.1 Å². The number of benzene rings is 2. The molecule has 0 aliphatic carbocycles. The van der Waals surface area contributed by atoms with Gasteiger partial charge in [0.25, 0.3) is 0 Å². The molecular formula is C20H25N3O4. The second-order valence-electron chi connectivity index (χ2n) is 6.06. The van der Waals surface area contributed by atoms with Crippen LogP contribution in [0.2, 0.25) is 0 Å². The summed E-state index contributed by atoms with van der Waals surface area (Å²) < 4.78 is 10.3. The Bertz CT molecular complexity index is 777. The Hall–Kier alpha value is -3.06. The van der Waals surface area contributed by atoms with Crippen molar-refractivity contribution in [3.05, 3.63) is 48.5 Å². The Morgan fingerprint density at radius 1 is 1.00 bits per heavy atom. The van der Waals surface area contributed by atoms with Crippen LogP contribution in [0.5, 0.6) is 11.5 Å². The van der Waals surface area contributed by atoms with Gasteiger partial charge < -0.3 is 20.1 Å². The number of carbonyl (C=O) groups is 2. The van der Waals surface area contributed by atoms with Crippen molar-refractivity contribution in [1.82, 2.24) is 4.90 Å². The van der Waals surface area contributed by atoms with Crippen molar-refractivity contribution in [2.75, 3.05) is 38.4 Å². The summed E-state index contributed by atoms with van der Waals surface area (Å²) in [5.74, 6) is 0.864. The summed E-state index contributed by atoms with van der Waals surface area (Å²) in [5, 5.41) is 5.62. The zero-order valence-corrected chi connectivity index (χ0v) is 16.0. The molecule has 0 saturated carbocycles. The lowest BCUT2D eigenvalue weighted by molar-refractivity contribution is -0.122. The van der Waals surface area contributed by atoms with Crippen molar-refractivity contribution in [1.29, 1.82) is 0 Å². The minimum Gasteiger partial charge on any atom is -0.497 e. The molecule has 2 rings (SSSR count). The number of amides is 2. The average Bonchev–Trinajstić information content (AvgIpc) is 2.68. The summed E-state index contributed by atoms with van der Waals surface area (Å²) in [6, 6.07) is 13.7. The molecule has 0 fully saturated rings. The highest BCUT2D eigenvalue weighted by Gasteiger charge is 2.21. The highest BCUT2D eigenvalue weighted by Crippen LogP contribution is 2.23. The van der Waals surface area contributed by atoms with Crippen LogP contribution in [0.1, 0.15) is 6.92 Å². The average molecular weight is 371 g/mol. The van der Waals surface area contributed by atoms with E-state index in [1.54, 1.807) is 69.5 Å². The lowest BCUT2D eigenvalue weighted by Crippen LogP contribution is -2.43. The maximum Gasteiger partial charge on any atom is 0.241 e. The summed E-state index contributed by atoms with van der Waals surface area (Å²) in [6.45, 7) is 1.82. The summed E-state index contributed by atoms with van der Waals surface area (Å²) in [5.41, 5.74) is 1.26. The van der Waals surface area contributed by atoms with E-state index < -0.39 is 6.04 Å². The first kappa shape index (κ1) is 20.3. The van der Waals surface area contributed by atoms with Gasteiger partial charge >= 0.3 is 0 Å². The Kier molecular flexibility index (Phi) is 7.19. The van der Waals surface area contributed by atoms with Gasteiger partial charge in [0.2, 0.25) is 11.8 Å². The molecule has 2 N–H and O–H groups in total. The first-order chi connectivity index (χ1) is 12.9. The van der Waals surface area contributed by atoms with Crippen LogP contribution >= 0.6 is 0 Å². The molecule has 7 nitrogen and oxygen atoms in total. The molecule has 1 atom stereocenters. The molecule has 0 saturated heterocycles. The van der Waals surface area contributed by atoms with Crippen LogP contribution < -0.4 is 20.1 Å². The molecule has 0 aliphatic heterocycles. The third-order valence-corrected chi connectivity index (χ3v) is 4.17. The highest BCUT2D eigenvalue weighted by atomic mass is 16.5. The zero-order chi connectivity index (χ0) is 19.8. The van der Waals surface area contributed by atoms with Crippen LogP contribution in [0, 0.1) is 0 Å². The zero-order valence-electron chi connectivity index (χ0n) is 16.0. The fourth-order valence-electron chi connectivity index (χ4n) is 2.42. The lowest BCUT2D eigenvalue weighted by Gasteiger charge is -2.23. The Balaban J connectivity index is 1.90. The van der Waals surface area contributed by atoms with Gasteiger partial charge in [0.1, 0.15) is 11.5 Å². The Labute approximate surface area is 159 Å². The van der Waals surface area contributed by atoms with E-state index in [4.69, 9.17) is 9.47 Å². The van der Waals surface area contributed by atoms with E-state index in [0.29, 0.717) is 22.9 Å². The third kappa shape index (κ3) is 5.72. The number of likely N-dealkylation sites (N-methyl/N-ethyl adjacent to an activating group) is 1. The molecule has 0 bridgehead atoms. The van der Waals surface area contributed by atoms with Crippen molar-refractivity contribution < 1.29 is 19.1 Å². The van der Waals surface area contributed by atoms with Crippen LogP contribution in [0.3, 0.4) is 0 Å². The molecule has 2 amide bonds. The summed E-state index contributed by atoms with van der Waals surface area (Å²) in [4.78, 5) is 26.4. The van der Waals surface area contributed by atoms with Gasteiger partial charge in [-0.2, -0.15) is 0 Å². The summed E-state index contributed by atoms with van der Waals surface area (Å²) >= 11 is 0. The van der Waals surface area contributed by atoms with Crippen molar-refractivity contribution in [2.24, 2.45) is 0 Å². The molecular weight excluding hydrogens is 346 g/mol. The van der Waals surface area contributed by atoms with Gasteiger partial charge in [0.15, 0.2) is 0 Å². The van der Waals surface area contributed by atoms with E-state index in [0.717, 1.165) is 0 Å². The predicted molar refractivity (Wildman–Crippen MR) is 105 cm³/mol. The van der Waals surface area contributed by atoms with Gasteiger partial charge in [0, 0.05) is 5.69 Å². The first-order valence-electron chi connectivity index (χ1n) is 8.52. The van der Waals surface area contributed by atoms with Gasteiger partial charge in [-0.3, -0.25) is 14.5 Å². The SMILES string of the molecule is COc1ccc(NC(=O)CN(C)[C@@H](C)C(=O)Nc2ccccc2OC)cc1. The minimum absolute atomic E-state index is 0.0759. The second-order valence-corrected chi connectivity index (χ2v) is 6.06. The van der Waals surface area contributed by atoms with E-state index in [9.17, 15) is 9.59 Å². The maximum absolute atomic E-state index is 12.5. The number of hydrogen-bond donors (Lipinski definition) is 2. The first-order valence-corrected chi connectivity index (χ1v) is 8.52. The molecule has 144 valence electrons. The molecule has 0 aromatic heterocycles. The predicted octanol–water partition coefficient (Wildman–Crippen LogP) is 2.60. The van der Waals surface area contributed by atoms with Crippen molar-refractivity contribution >= 4 is 23.2 Å². The van der Waals surface area contributed by atoms with Crippen LogP contribution in [0.25, 0.3) is 0 Å². The standard InChI is InChI=1S/C20H25N3O4/c1-14(20(25)22-17-7-5-6-8-18(17)27-4)23(2)13-19(24)21-15-9-11-16(26-3)12-10-15/h5-12,14H,13H2,1-4H3,(H,21,24)(H,22,25)/t14-/m0/s1. The third-order valence-electron chi connectivity index (χ3n) is 4.17. The lowest BCUT2D eigenvalue weighted by atomic mass is 10.2. The summed E-state index contributed by atoms with van der Waals surface area (Å²) in [6.07, 6.45) is 0. The van der Waals surface area contributed by atoms with Crippen LogP contribution in [0.4, 0.5) is 11.4 Å². The topological polar surface area (TPSA) is 79.9 Å². The van der Waals surface area contributed by atoms with E-state index in [-0.39, 0.29) is 18.4 Å². The molecule has 2 aromatic rings. The fourth-order valence-corrected chi connectivity index (χ4v) is 2.42. The summed E-state index contributed by atoms with van der Waals surface area (Å²) in [7, 11) is 4.85. The van der Waals surface area contributed by atoms with Gasteiger partial charge in [-0.15, -0.1) is 0 Å². The van der Waals surface area contributed by atoms with E-state index in [2.05, 4.69) is 10.6 Å². The molecule has 0 unspecified atom stereocenters. The van der Waals surface area contributed by atoms with Crippen molar-refractivity contribution in [3.8, 4) is 11.5 Å². The van der Waals surface area contributed by atoms with Gasteiger partial charge in [-0.25, -0.2) is 0 Å². The largest absolute Gasteiger partial charge is 0.497 e. The molecule has 0 radical (unpaired) electrons. The number of carbonyl (C=O) groups excluding carboxylic acids is 2. The fraction of sp³-hybridized carbons (Fsp3) is 0.300. The highest BCUT2D eigenvalue weighted by molar-refractivity contribution is 5.97. The van der Waals surface area contributed by atoms with E-state index in [1.165, 1.54) is 0 Å². The number of methoxy groups -OCH3 is 2. The normalized spacial score (nSPS) is 11.6. The number of para-hydroxylation sites is 2. The Morgan fingerprint density at radius 2 is 1.67 bits per heavy atom. The smallest absolute Gasteiger partial charge is 0.241 e. The molecule has 0 spiro atoms. The Morgan fingerprint density at radius 3 is 2.30 bits per heavy atom. The van der Waals surface area contributed by atoms with Gasteiger partial charge in [-0.05, 0) is 50.4 Å². The van der Waals surface area contributed by atoms with E-state index >= 15 is 0 Å². The number of nitrogens with one attached hydrogen (secondary N) is 2. The van der Waals surface area contributed by atoms with Crippen molar-refractivity contribution in [2.45, 2.75) is 13.0 Å². The van der Waals surface area contributed by atoms with Crippen LogP contribution in [0.15, 0.2) is 48.5 Å². The molecule has 27 heavy (non-hydrogen) atoms. The van der Waals surface area contributed by atoms with Gasteiger partial charge in [0.05, 0.1) is 32.5 Å². The molecule has 0 heterocycles. The maximum atomic E-state index is 12.5. The molecule has 2 aromatic carbocycles. The minimum atomic E-state index is -0.503. The van der Waals surface area contributed by atoms with Crippen LogP contribution in [-0.2, 0) is 9.59 Å².